The maximum atomic E-state index is 12.4. The summed E-state index contributed by atoms with van der Waals surface area (Å²) in [6.45, 7) is 4.50. The molecular formula is C20H20ClN3O2. The summed E-state index contributed by atoms with van der Waals surface area (Å²) in [5, 5.41) is 3.60. The molecule has 0 unspecified atom stereocenters. The van der Waals surface area contributed by atoms with E-state index in [0.717, 1.165) is 5.56 Å². The lowest BCUT2D eigenvalue weighted by atomic mass is 9.84. The summed E-state index contributed by atoms with van der Waals surface area (Å²) in [5.41, 5.74) is 1.85. The Bertz CT molecular complexity index is 994. The third-order valence-corrected chi connectivity index (χ3v) is 4.66. The topological polar surface area (TPSA) is 64.0 Å². The smallest absolute Gasteiger partial charge is 0.269 e. The number of nitrogens with zero attached hydrogens (tertiary/aromatic N) is 2. The number of benzene rings is 2. The fourth-order valence-corrected chi connectivity index (χ4v) is 2.93. The lowest BCUT2D eigenvalue weighted by Crippen LogP contribution is -2.39. The molecule has 3 aromatic rings. The first-order valence-corrected chi connectivity index (χ1v) is 8.72. The molecule has 1 aromatic heterocycles. The van der Waals surface area contributed by atoms with Gasteiger partial charge in [0.05, 0.1) is 17.2 Å². The first kappa shape index (κ1) is 18.1. The zero-order valence-electron chi connectivity index (χ0n) is 14.7. The summed E-state index contributed by atoms with van der Waals surface area (Å²) in [6.07, 6.45) is 1.24. The molecule has 0 saturated heterocycles. The van der Waals surface area contributed by atoms with Gasteiger partial charge in [-0.05, 0) is 29.8 Å². The van der Waals surface area contributed by atoms with Gasteiger partial charge in [-0.1, -0.05) is 49.7 Å². The van der Waals surface area contributed by atoms with Crippen molar-refractivity contribution in [2.45, 2.75) is 25.8 Å². The number of aromatic nitrogens is 2. The summed E-state index contributed by atoms with van der Waals surface area (Å²) < 4.78 is 1.44. The van der Waals surface area contributed by atoms with Gasteiger partial charge in [-0.3, -0.25) is 14.2 Å². The fraction of sp³-hybridized carbons (Fsp3) is 0.250. The Balaban J connectivity index is 1.73. The summed E-state index contributed by atoms with van der Waals surface area (Å²) in [5.74, 6) is -0.217. The maximum Gasteiger partial charge on any atom is 0.269 e. The predicted octanol–water partition coefficient (Wildman–Crippen LogP) is 3.14. The van der Waals surface area contributed by atoms with Gasteiger partial charge >= 0.3 is 0 Å². The highest BCUT2D eigenvalue weighted by atomic mass is 35.5. The highest BCUT2D eigenvalue weighted by molar-refractivity contribution is 6.30. The van der Waals surface area contributed by atoms with Crippen LogP contribution in [0, 0.1) is 0 Å². The molecule has 0 spiro atoms. The van der Waals surface area contributed by atoms with E-state index in [9.17, 15) is 9.59 Å². The van der Waals surface area contributed by atoms with E-state index in [1.165, 1.54) is 10.8 Å². The van der Waals surface area contributed by atoms with Crippen LogP contribution in [0.4, 0.5) is 0 Å². The van der Waals surface area contributed by atoms with Crippen LogP contribution in [-0.2, 0) is 16.8 Å². The fourth-order valence-electron chi connectivity index (χ4n) is 2.80. The van der Waals surface area contributed by atoms with Gasteiger partial charge in [0.1, 0.15) is 6.54 Å². The summed E-state index contributed by atoms with van der Waals surface area (Å²) in [4.78, 5) is 28.7. The van der Waals surface area contributed by atoms with Gasteiger partial charge in [-0.25, -0.2) is 4.98 Å². The zero-order chi connectivity index (χ0) is 18.7. The van der Waals surface area contributed by atoms with Crippen molar-refractivity contribution in [3.8, 4) is 0 Å². The number of hydrogen-bond acceptors (Lipinski definition) is 3. The number of nitrogens with one attached hydrogen (secondary N) is 1. The number of rotatable bonds is 5. The molecule has 1 amide bonds. The second-order valence-electron chi connectivity index (χ2n) is 6.84. The van der Waals surface area contributed by atoms with Crippen LogP contribution < -0.4 is 10.9 Å². The standard InChI is InChI=1S/C20H20ClN3O2/c1-20(2,14-7-9-15(21)10-8-14)13-23-18(25)12-24-17-6-4-3-5-16(17)22-11-19(24)26/h3-11H,12-13H2,1-2H3,(H,23,25). The molecule has 26 heavy (non-hydrogen) atoms. The van der Waals surface area contributed by atoms with Crippen molar-refractivity contribution in [2.24, 2.45) is 0 Å². The van der Waals surface area contributed by atoms with E-state index in [1.54, 1.807) is 6.07 Å². The highest BCUT2D eigenvalue weighted by Gasteiger charge is 2.21. The molecule has 1 N–H and O–H groups in total. The number of hydrogen-bond donors (Lipinski definition) is 1. The lowest BCUT2D eigenvalue weighted by Gasteiger charge is -2.26. The van der Waals surface area contributed by atoms with E-state index in [4.69, 9.17) is 11.6 Å². The van der Waals surface area contributed by atoms with Crippen molar-refractivity contribution in [1.29, 1.82) is 0 Å². The van der Waals surface area contributed by atoms with Crippen molar-refractivity contribution >= 4 is 28.5 Å². The van der Waals surface area contributed by atoms with Gasteiger partial charge < -0.3 is 5.32 Å². The lowest BCUT2D eigenvalue weighted by molar-refractivity contribution is -0.121. The molecule has 5 nitrogen and oxygen atoms in total. The predicted molar refractivity (Wildman–Crippen MR) is 103 cm³/mol. The quantitative estimate of drug-likeness (QED) is 0.751. The van der Waals surface area contributed by atoms with Crippen LogP contribution in [0.5, 0.6) is 0 Å². The second-order valence-corrected chi connectivity index (χ2v) is 7.28. The Hall–Kier alpha value is -2.66. The van der Waals surface area contributed by atoms with Crippen molar-refractivity contribution in [1.82, 2.24) is 14.9 Å². The first-order valence-electron chi connectivity index (χ1n) is 8.34. The number of carbonyl (C=O) groups excluding carboxylic acids is 1. The largest absolute Gasteiger partial charge is 0.354 e. The Labute approximate surface area is 156 Å². The molecular weight excluding hydrogens is 350 g/mol. The van der Waals surface area contributed by atoms with E-state index in [0.29, 0.717) is 22.6 Å². The molecule has 0 aliphatic carbocycles. The second kappa shape index (κ2) is 7.30. The van der Waals surface area contributed by atoms with E-state index in [-0.39, 0.29) is 23.4 Å². The van der Waals surface area contributed by atoms with Crippen LogP contribution in [0.25, 0.3) is 11.0 Å². The monoisotopic (exact) mass is 369 g/mol. The Morgan fingerprint density at radius 2 is 1.85 bits per heavy atom. The molecule has 0 fully saturated rings. The van der Waals surface area contributed by atoms with Crippen molar-refractivity contribution in [2.75, 3.05) is 6.54 Å². The molecule has 0 aliphatic rings. The molecule has 1 heterocycles. The third-order valence-electron chi connectivity index (χ3n) is 4.41. The van der Waals surface area contributed by atoms with E-state index < -0.39 is 0 Å². The summed E-state index contributed by atoms with van der Waals surface area (Å²) in [7, 11) is 0. The molecule has 0 saturated carbocycles. The minimum absolute atomic E-state index is 0.0431. The molecule has 134 valence electrons. The van der Waals surface area contributed by atoms with Gasteiger partial charge in [0.25, 0.3) is 5.56 Å². The van der Waals surface area contributed by atoms with E-state index in [1.807, 2.05) is 56.3 Å². The van der Waals surface area contributed by atoms with E-state index >= 15 is 0 Å². The van der Waals surface area contributed by atoms with Crippen LogP contribution in [0.15, 0.2) is 59.5 Å². The van der Waals surface area contributed by atoms with Gasteiger partial charge in [0, 0.05) is 17.0 Å². The molecule has 0 bridgehead atoms. The number of para-hydroxylation sites is 2. The van der Waals surface area contributed by atoms with Gasteiger partial charge in [-0.15, -0.1) is 0 Å². The Morgan fingerprint density at radius 3 is 2.58 bits per heavy atom. The third kappa shape index (κ3) is 3.94. The van der Waals surface area contributed by atoms with Crippen LogP contribution in [0.1, 0.15) is 19.4 Å². The van der Waals surface area contributed by atoms with Crippen molar-refractivity contribution in [3.05, 3.63) is 75.7 Å². The molecule has 3 rings (SSSR count). The van der Waals surface area contributed by atoms with E-state index in [2.05, 4.69) is 10.3 Å². The van der Waals surface area contributed by atoms with Crippen LogP contribution in [0.2, 0.25) is 5.02 Å². The maximum absolute atomic E-state index is 12.4. The number of carbonyl (C=O) groups is 1. The first-order chi connectivity index (χ1) is 12.4. The minimum atomic E-state index is -0.296. The molecule has 0 atom stereocenters. The van der Waals surface area contributed by atoms with Gasteiger partial charge in [0.15, 0.2) is 0 Å². The van der Waals surface area contributed by atoms with Gasteiger partial charge in [-0.2, -0.15) is 0 Å². The molecule has 2 aromatic carbocycles. The van der Waals surface area contributed by atoms with Crippen LogP contribution in [-0.4, -0.2) is 22.0 Å². The number of fused-ring (bicyclic) bond motifs is 1. The van der Waals surface area contributed by atoms with Crippen molar-refractivity contribution in [3.63, 3.8) is 0 Å². The summed E-state index contributed by atoms with van der Waals surface area (Å²) >= 11 is 5.93. The number of amides is 1. The Kier molecular flexibility index (Phi) is 5.09. The number of halogens is 1. The minimum Gasteiger partial charge on any atom is -0.354 e. The Morgan fingerprint density at radius 1 is 1.15 bits per heavy atom. The average Bonchev–Trinajstić information content (AvgIpc) is 2.63. The highest BCUT2D eigenvalue weighted by Crippen LogP contribution is 2.23. The average molecular weight is 370 g/mol. The SMILES string of the molecule is CC(C)(CNC(=O)Cn1c(=O)cnc2ccccc21)c1ccc(Cl)cc1. The zero-order valence-corrected chi connectivity index (χ0v) is 15.5. The van der Waals surface area contributed by atoms with Gasteiger partial charge in [0.2, 0.25) is 5.91 Å². The van der Waals surface area contributed by atoms with Crippen molar-refractivity contribution < 1.29 is 4.79 Å². The summed E-state index contributed by atoms with van der Waals surface area (Å²) in [6, 6.07) is 14.8. The molecule has 6 heteroatoms. The van der Waals surface area contributed by atoms with Crippen LogP contribution >= 0.6 is 11.6 Å². The normalized spacial score (nSPS) is 11.5. The molecule has 0 aliphatic heterocycles. The van der Waals surface area contributed by atoms with Crippen LogP contribution in [0.3, 0.4) is 0 Å². The molecule has 0 radical (unpaired) electrons.